The van der Waals surface area contributed by atoms with Crippen molar-refractivity contribution in [3.63, 3.8) is 0 Å². The highest BCUT2D eigenvalue weighted by atomic mass is 16.6. The molecule has 2 rings (SSSR count). The minimum absolute atomic E-state index is 0.213. The van der Waals surface area contributed by atoms with Crippen LogP contribution in [-0.4, -0.2) is 35.1 Å². The first-order chi connectivity index (χ1) is 11.6. The Hall–Kier alpha value is -2.83. The first-order valence-corrected chi connectivity index (χ1v) is 7.80. The number of rotatable bonds is 6. The molecule has 7 heteroatoms. The number of carbonyl (C=O) groups excluding carboxylic acids is 2. The number of nitrogens with zero attached hydrogens (tertiary/aromatic N) is 2. The van der Waals surface area contributed by atoms with Crippen LogP contribution in [0.25, 0.3) is 0 Å². The van der Waals surface area contributed by atoms with E-state index < -0.39 is 12.1 Å². The summed E-state index contributed by atoms with van der Waals surface area (Å²) in [6, 6.07) is 9.62. The van der Waals surface area contributed by atoms with Gasteiger partial charge in [-0.15, -0.1) is 4.68 Å². The van der Waals surface area contributed by atoms with Crippen molar-refractivity contribution < 1.29 is 19.1 Å². The normalized spacial score (nSPS) is 10.3. The number of benzene rings is 1. The number of hydrogen-bond donors (Lipinski definition) is 1. The van der Waals surface area contributed by atoms with Crippen molar-refractivity contribution in [1.82, 2.24) is 9.78 Å². The van der Waals surface area contributed by atoms with E-state index in [1.807, 2.05) is 30.3 Å². The molecule has 0 fully saturated rings. The van der Waals surface area contributed by atoms with E-state index in [9.17, 15) is 9.59 Å². The fourth-order valence-corrected chi connectivity index (χ4v) is 2.24. The van der Waals surface area contributed by atoms with Crippen LogP contribution >= 0.6 is 0 Å². The molecule has 0 aliphatic carbocycles. The van der Waals surface area contributed by atoms with Gasteiger partial charge in [0.2, 0.25) is 0 Å². The number of esters is 1. The summed E-state index contributed by atoms with van der Waals surface area (Å²) in [7, 11) is 0. The highest BCUT2D eigenvalue weighted by Gasteiger charge is 2.26. The third kappa shape index (κ3) is 3.92. The number of aryl methyl sites for hydroxylation is 1. The van der Waals surface area contributed by atoms with E-state index in [1.54, 1.807) is 20.8 Å². The van der Waals surface area contributed by atoms with Crippen LogP contribution in [0.1, 0.15) is 35.5 Å². The molecular formula is C17H21N3O4. The molecule has 0 amide bonds. The summed E-state index contributed by atoms with van der Waals surface area (Å²) in [5.74, 6) is -0.255. The monoisotopic (exact) mass is 331 g/mol. The van der Waals surface area contributed by atoms with Crippen LogP contribution < -0.4 is 5.32 Å². The Morgan fingerprint density at radius 1 is 1.12 bits per heavy atom. The van der Waals surface area contributed by atoms with E-state index in [2.05, 4.69) is 10.4 Å². The van der Waals surface area contributed by atoms with Crippen LogP contribution in [-0.2, 0) is 16.0 Å². The van der Waals surface area contributed by atoms with Crippen molar-refractivity contribution in [3.8, 4) is 0 Å². The predicted molar refractivity (Wildman–Crippen MR) is 89.1 cm³/mol. The molecule has 1 heterocycles. The maximum Gasteiger partial charge on any atom is 0.436 e. The third-order valence-electron chi connectivity index (χ3n) is 3.28. The molecule has 0 spiro atoms. The maximum atomic E-state index is 12.2. The average molecular weight is 331 g/mol. The first kappa shape index (κ1) is 17.5. The summed E-state index contributed by atoms with van der Waals surface area (Å²) in [5.41, 5.74) is 1.64. The van der Waals surface area contributed by atoms with Crippen molar-refractivity contribution in [3.05, 3.63) is 47.2 Å². The number of aromatic nitrogens is 2. The second-order valence-electron chi connectivity index (χ2n) is 4.98. The minimum atomic E-state index is -0.647. The summed E-state index contributed by atoms with van der Waals surface area (Å²) < 4.78 is 11.1. The van der Waals surface area contributed by atoms with Gasteiger partial charge < -0.3 is 14.8 Å². The van der Waals surface area contributed by atoms with E-state index in [1.165, 1.54) is 0 Å². The number of carbonyl (C=O) groups is 2. The second-order valence-corrected chi connectivity index (χ2v) is 4.98. The Kier molecular flexibility index (Phi) is 5.95. The van der Waals surface area contributed by atoms with Crippen LogP contribution in [0.15, 0.2) is 30.3 Å². The molecule has 1 aromatic carbocycles. The minimum Gasteiger partial charge on any atom is -0.462 e. The van der Waals surface area contributed by atoms with Crippen LogP contribution in [0.5, 0.6) is 0 Å². The Balaban J connectivity index is 2.36. The zero-order valence-corrected chi connectivity index (χ0v) is 14.0. The highest BCUT2D eigenvalue weighted by molar-refractivity contribution is 5.97. The number of anilines is 1. The smallest absolute Gasteiger partial charge is 0.436 e. The summed E-state index contributed by atoms with van der Waals surface area (Å²) >= 11 is 0. The molecular weight excluding hydrogens is 310 g/mol. The first-order valence-electron chi connectivity index (χ1n) is 7.80. The molecule has 0 bridgehead atoms. The molecule has 0 atom stereocenters. The lowest BCUT2D eigenvalue weighted by Gasteiger charge is -2.11. The second kappa shape index (κ2) is 8.14. The van der Waals surface area contributed by atoms with E-state index in [0.717, 1.165) is 10.2 Å². The molecule has 2 aromatic rings. The lowest BCUT2D eigenvalue weighted by Crippen LogP contribution is -2.19. The SMILES string of the molecule is CCOC(=O)c1c(C)nn(C(=O)OCC)c1NCc1ccccc1. The molecule has 0 saturated carbocycles. The molecule has 0 radical (unpaired) electrons. The van der Waals surface area contributed by atoms with Gasteiger partial charge in [-0.25, -0.2) is 9.59 Å². The van der Waals surface area contributed by atoms with Gasteiger partial charge in [0, 0.05) is 6.54 Å². The fraction of sp³-hybridized carbons (Fsp3) is 0.353. The number of hydrogen-bond acceptors (Lipinski definition) is 6. The molecule has 0 unspecified atom stereocenters. The van der Waals surface area contributed by atoms with E-state index in [0.29, 0.717) is 12.2 Å². The van der Waals surface area contributed by atoms with Crippen molar-refractivity contribution in [1.29, 1.82) is 0 Å². The summed E-state index contributed by atoms with van der Waals surface area (Å²) in [6.07, 6.45) is -0.647. The Morgan fingerprint density at radius 2 is 1.79 bits per heavy atom. The van der Waals surface area contributed by atoms with Crippen LogP contribution in [0.3, 0.4) is 0 Å². The molecule has 0 saturated heterocycles. The van der Waals surface area contributed by atoms with Crippen LogP contribution in [0.4, 0.5) is 10.6 Å². The quantitative estimate of drug-likeness (QED) is 0.819. The number of nitrogens with one attached hydrogen (secondary N) is 1. The van der Waals surface area contributed by atoms with E-state index >= 15 is 0 Å². The standard InChI is InChI=1S/C17H21N3O4/c1-4-23-16(21)14-12(3)19-20(17(22)24-5-2)15(14)18-11-13-9-7-6-8-10-13/h6-10,18H,4-5,11H2,1-3H3. The van der Waals surface area contributed by atoms with Crippen LogP contribution in [0.2, 0.25) is 0 Å². The van der Waals surface area contributed by atoms with Crippen molar-refractivity contribution >= 4 is 17.9 Å². The van der Waals surface area contributed by atoms with Gasteiger partial charge >= 0.3 is 12.1 Å². The van der Waals surface area contributed by atoms with Gasteiger partial charge in [-0.3, -0.25) is 0 Å². The number of ether oxygens (including phenoxy) is 2. The van der Waals surface area contributed by atoms with Crippen LogP contribution in [0, 0.1) is 6.92 Å². The van der Waals surface area contributed by atoms with Gasteiger partial charge in [0.05, 0.1) is 18.9 Å². The summed E-state index contributed by atoms with van der Waals surface area (Å²) in [6.45, 7) is 5.96. The zero-order valence-electron chi connectivity index (χ0n) is 14.0. The van der Waals surface area contributed by atoms with Gasteiger partial charge in [-0.05, 0) is 26.3 Å². The topological polar surface area (TPSA) is 82.5 Å². The van der Waals surface area contributed by atoms with E-state index in [-0.39, 0.29) is 24.6 Å². The fourth-order valence-electron chi connectivity index (χ4n) is 2.24. The van der Waals surface area contributed by atoms with Gasteiger partial charge in [-0.2, -0.15) is 5.10 Å². The molecule has 24 heavy (non-hydrogen) atoms. The molecule has 7 nitrogen and oxygen atoms in total. The Labute approximate surface area is 140 Å². The summed E-state index contributed by atoms with van der Waals surface area (Å²) in [5, 5.41) is 7.22. The van der Waals surface area contributed by atoms with Crippen molar-refractivity contribution in [2.24, 2.45) is 0 Å². The zero-order chi connectivity index (χ0) is 17.5. The average Bonchev–Trinajstić information content (AvgIpc) is 2.91. The lowest BCUT2D eigenvalue weighted by molar-refractivity contribution is 0.0526. The molecule has 128 valence electrons. The van der Waals surface area contributed by atoms with Gasteiger partial charge in [-0.1, -0.05) is 30.3 Å². The predicted octanol–water partition coefficient (Wildman–Crippen LogP) is 2.98. The molecule has 0 aliphatic heterocycles. The largest absolute Gasteiger partial charge is 0.462 e. The summed E-state index contributed by atoms with van der Waals surface area (Å²) in [4.78, 5) is 24.3. The van der Waals surface area contributed by atoms with Gasteiger partial charge in [0.15, 0.2) is 5.82 Å². The Morgan fingerprint density at radius 3 is 2.42 bits per heavy atom. The Bertz CT molecular complexity index is 710. The van der Waals surface area contributed by atoms with Gasteiger partial charge in [0.1, 0.15) is 5.56 Å². The maximum absolute atomic E-state index is 12.2. The highest BCUT2D eigenvalue weighted by Crippen LogP contribution is 2.22. The van der Waals surface area contributed by atoms with Crippen molar-refractivity contribution in [2.45, 2.75) is 27.3 Å². The lowest BCUT2D eigenvalue weighted by atomic mass is 10.2. The van der Waals surface area contributed by atoms with Crippen molar-refractivity contribution in [2.75, 3.05) is 18.5 Å². The molecule has 1 N–H and O–H groups in total. The molecule has 1 aromatic heterocycles. The van der Waals surface area contributed by atoms with Gasteiger partial charge in [0.25, 0.3) is 0 Å². The third-order valence-corrected chi connectivity index (χ3v) is 3.28. The van der Waals surface area contributed by atoms with E-state index in [4.69, 9.17) is 9.47 Å². The molecule has 0 aliphatic rings.